The van der Waals surface area contributed by atoms with Crippen LogP contribution in [0.1, 0.15) is 12.5 Å². The van der Waals surface area contributed by atoms with Gasteiger partial charge < -0.3 is 15.2 Å². The van der Waals surface area contributed by atoms with E-state index in [0.717, 1.165) is 12.0 Å². The molecule has 0 aliphatic heterocycles. The molecule has 1 unspecified atom stereocenters. The van der Waals surface area contributed by atoms with Gasteiger partial charge in [-0.05, 0) is 24.1 Å². The molecule has 1 aromatic carbocycles. The number of benzene rings is 1. The molecule has 2 N–H and O–H groups in total. The maximum atomic E-state index is 12.0. The fraction of sp³-hybridized carbons (Fsp3) is 0.462. The largest absolute Gasteiger partial charge is 0.484 e. The third-order valence-corrected chi connectivity index (χ3v) is 2.50. The van der Waals surface area contributed by atoms with Crippen LogP contribution in [-0.4, -0.2) is 36.7 Å². The van der Waals surface area contributed by atoms with E-state index in [1.54, 1.807) is 12.1 Å². The van der Waals surface area contributed by atoms with Gasteiger partial charge in [0.2, 0.25) is 0 Å². The number of aliphatic hydroxyl groups excluding tert-OH is 1. The molecule has 4 nitrogen and oxygen atoms in total. The molecule has 1 amide bonds. The smallest absolute Gasteiger partial charge is 0.265 e. The van der Waals surface area contributed by atoms with Crippen molar-refractivity contribution in [1.29, 1.82) is 0 Å². The lowest BCUT2D eigenvalue weighted by molar-refractivity contribution is -0.124. The van der Waals surface area contributed by atoms with Crippen LogP contribution in [0.2, 0.25) is 0 Å². The Morgan fingerprint density at radius 3 is 2.53 bits per heavy atom. The summed E-state index contributed by atoms with van der Waals surface area (Å²) in [6.07, 6.45) is -3.82. The number of nitrogens with one attached hydrogen (secondary N) is 1. The van der Waals surface area contributed by atoms with Crippen LogP contribution >= 0.6 is 0 Å². The van der Waals surface area contributed by atoms with Gasteiger partial charge in [-0.1, -0.05) is 19.1 Å². The summed E-state index contributed by atoms with van der Waals surface area (Å²) in [6.45, 7) is 1.26. The van der Waals surface area contributed by atoms with Crippen molar-refractivity contribution in [3.05, 3.63) is 29.8 Å². The molecule has 0 radical (unpaired) electrons. The minimum Gasteiger partial charge on any atom is -0.484 e. The molecule has 0 aliphatic carbocycles. The van der Waals surface area contributed by atoms with Crippen molar-refractivity contribution in [3.8, 4) is 5.75 Å². The first-order chi connectivity index (χ1) is 9.02. The number of carbonyl (C=O) groups is 1. The molecule has 0 aliphatic rings. The average molecular weight is 273 g/mol. The molecule has 1 atom stereocenters. The topological polar surface area (TPSA) is 58.6 Å². The molecule has 0 fully saturated rings. The standard InChI is InChI=1S/C13H17F2NO3/c1-2-9-3-5-10(6-4-9)19-8-12(18)16-7-11(17)13(14)15/h3-6,11,13,17H,2,7-8H2,1H3,(H,16,18). The van der Waals surface area contributed by atoms with Gasteiger partial charge in [-0.2, -0.15) is 0 Å². The highest BCUT2D eigenvalue weighted by molar-refractivity contribution is 5.77. The molecule has 0 saturated carbocycles. The number of alkyl halides is 2. The lowest BCUT2D eigenvalue weighted by Crippen LogP contribution is -2.38. The van der Waals surface area contributed by atoms with Crippen molar-refractivity contribution in [2.24, 2.45) is 0 Å². The predicted octanol–water partition coefficient (Wildman–Crippen LogP) is 1.37. The zero-order valence-electron chi connectivity index (χ0n) is 10.6. The zero-order valence-corrected chi connectivity index (χ0v) is 10.6. The van der Waals surface area contributed by atoms with Crippen molar-refractivity contribution < 1.29 is 23.4 Å². The van der Waals surface area contributed by atoms with Crippen molar-refractivity contribution in [3.63, 3.8) is 0 Å². The van der Waals surface area contributed by atoms with E-state index in [9.17, 15) is 13.6 Å². The van der Waals surface area contributed by atoms with Gasteiger partial charge in [0, 0.05) is 6.54 Å². The van der Waals surface area contributed by atoms with Gasteiger partial charge in [0.05, 0.1) is 0 Å². The van der Waals surface area contributed by atoms with Crippen LogP contribution in [0.25, 0.3) is 0 Å². The van der Waals surface area contributed by atoms with Crippen molar-refractivity contribution in [1.82, 2.24) is 5.32 Å². The normalized spacial score (nSPS) is 12.3. The second-order valence-electron chi connectivity index (χ2n) is 3.99. The molecule has 0 saturated heterocycles. The number of aliphatic hydroxyl groups is 1. The highest BCUT2D eigenvalue weighted by Crippen LogP contribution is 2.12. The van der Waals surface area contributed by atoms with Gasteiger partial charge in [0.1, 0.15) is 11.9 Å². The molecule has 0 spiro atoms. The summed E-state index contributed by atoms with van der Waals surface area (Å²) in [6, 6.07) is 7.24. The zero-order chi connectivity index (χ0) is 14.3. The number of halogens is 2. The molecule has 19 heavy (non-hydrogen) atoms. The van der Waals surface area contributed by atoms with Crippen LogP contribution < -0.4 is 10.1 Å². The average Bonchev–Trinajstić information content (AvgIpc) is 2.42. The van der Waals surface area contributed by atoms with Gasteiger partial charge in [0.25, 0.3) is 12.3 Å². The van der Waals surface area contributed by atoms with Crippen LogP contribution in [0.3, 0.4) is 0 Å². The number of carbonyl (C=O) groups excluding carboxylic acids is 1. The van der Waals surface area contributed by atoms with Gasteiger partial charge in [-0.15, -0.1) is 0 Å². The molecule has 1 rings (SSSR count). The Morgan fingerprint density at radius 2 is 2.00 bits per heavy atom. The number of amides is 1. The maximum absolute atomic E-state index is 12.0. The van der Waals surface area contributed by atoms with Crippen molar-refractivity contribution in [2.75, 3.05) is 13.2 Å². The van der Waals surface area contributed by atoms with E-state index in [1.807, 2.05) is 19.1 Å². The molecule has 0 aromatic heterocycles. The monoisotopic (exact) mass is 273 g/mol. The SMILES string of the molecule is CCc1ccc(OCC(=O)NCC(O)C(F)F)cc1. The van der Waals surface area contributed by atoms with E-state index in [-0.39, 0.29) is 6.61 Å². The summed E-state index contributed by atoms with van der Waals surface area (Å²) >= 11 is 0. The maximum Gasteiger partial charge on any atom is 0.265 e. The van der Waals surface area contributed by atoms with E-state index < -0.39 is 25.0 Å². The van der Waals surface area contributed by atoms with Crippen molar-refractivity contribution >= 4 is 5.91 Å². The number of rotatable bonds is 7. The first-order valence-corrected chi connectivity index (χ1v) is 5.97. The Balaban J connectivity index is 2.29. The number of aryl methyl sites for hydroxylation is 1. The minimum absolute atomic E-state index is 0.276. The van der Waals surface area contributed by atoms with Gasteiger partial charge in [-0.25, -0.2) is 8.78 Å². The first-order valence-electron chi connectivity index (χ1n) is 5.97. The van der Waals surface area contributed by atoms with Gasteiger partial charge >= 0.3 is 0 Å². The fourth-order valence-electron chi connectivity index (χ4n) is 1.33. The first kappa shape index (κ1) is 15.4. The van der Waals surface area contributed by atoms with Crippen LogP contribution in [0, 0.1) is 0 Å². The summed E-state index contributed by atoms with van der Waals surface area (Å²) in [4.78, 5) is 11.3. The Morgan fingerprint density at radius 1 is 1.37 bits per heavy atom. The van der Waals surface area contributed by atoms with Gasteiger partial charge in [-0.3, -0.25) is 4.79 Å². The van der Waals surface area contributed by atoms with E-state index in [4.69, 9.17) is 9.84 Å². The minimum atomic E-state index is -2.87. The van der Waals surface area contributed by atoms with E-state index >= 15 is 0 Å². The Hall–Kier alpha value is -1.69. The van der Waals surface area contributed by atoms with Crippen LogP contribution in [0.4, 0.5) is 8.78 Å². The van der Waals surface area contributed by atoms with E-state index in [1.165, 1.54) is 0 Å². The van der Waals surface area contributed by atoms with Gasteiger partial charge in [0.15, 0.2) is 6.61 Å². The fourth-order valence-corrected chi connectivity index (χ4v) is 1.33. The Kier molecular flexibility index (Phi) is 6.21. The highest BCUT2D eigenvalue weighted by atomic mass is 19.3. The molecule has 6 heteroatoms. The van der Waals surface area contributed by atoms with E-state index in [0.29, 0.717) is 5.75 Å². The summed E-state index contributed by atoms with van der Waals surface area (Å²) in [5.41, 5.74) is 1.15. The van der Waals surface area contributed by atoms with Crippen molar-refractivity contribution in [2.45, 2.75) is 25.9 Å². The predicted molar refractivity (Wildman–Crippen MR) is 66.3 cm³/mol. The second-order valence-corrected chi connectivity index (χ2v) is 3.99. The summed E-state index contributed by atoms with van der Waals surface area (Å²) in [5.74, 6) is -0.0268. The molecular formula is C13H17F2NO3. The summed E-state index contributed by atoms with van der Waals surface area (Å²) in [7, 11) is 0. The van der Waals surface area contributed by atoms with Crippen LogP contribution in [-0.2, 0) is 11.2 Å². The lowest BCUT2D eigenvalue weighted by atomic mass is 10.2. The molecular weight excluding hydrogens is 256 g/mol. The molecule has 0 heterocycles. The van der Waals surface area contributed by atoms with Crippen LogP contribution in [0.5, 0.6) is 5.75 Å². The number of ether oxygens (including phenoxy) is 1. The van der Waals surface area contributed by atoms with Crippen LogP contribution in [0.15, 0.2) is 24.3 Å². The lowest BCUT2D eigenvalue weighted by Gasteiger charge is -2.11. The van der Waals surface area contributed by atoms with E-state index in [2.05, 4.69) is 5.32 Å². The Bertz CT molecular complexity index is 395. The quantitative estimate of drug-likeness (QED) is 0.789. The summed E-state index contributed by atoms with van der Waals surface area (Å²) in [5, 5.41) is 11.0. The molecule has 1 aromatic rings. The third-order valence-electron chi connectivity index (χ3n) is 2.50. The highest BCUT2D eigenvalue weighted by Gasteiger charge is 2.17. The third kappa shape index (κ3) is 5.65. The number of hydrogen-bond donors (Lipinski definition) is 2. The summed E-state index contributed by atoms with van der Waals surface area (Å²) < 4.78 is 29.1. The second kappa shape index (κ2) is 7.68. The molecule has 106 valence electrons. The number of hydrogen-bond acceptors (Lipinski definition) is 3. The Labute approximate surface area is 110 Å². The molecule has 0 bridgehead atoms.